The molecule has 32 heavy (non-hydrogen) atoms. The Bertz CT molecular complexity index is 1390. The van der Waals surface area contributed by atoms with Gasteiger partial charge in [-0.05, 0) is 51.5 Å². The highest BCUT2D eigenvalue weighted by molar-refractivity contribution is 7.90. The van der Waals surface area contributed by atoms with Crippen LogP contribution in [0.25, 0.3) is 22.0 Å². The Morgan fingerprint density at radius 3 is 2.06 bits per heavy atom. The molecule has 1 heterocycles. The van der Waals surface area contributed by atoms with E-state index in [2.05, 4.69) is 0 Å². The number of para-hydroxylation sites is 1. The number of fused-ring (bicyclic) bond motifs is 1. The second kappa shape index (κ2) is 7.95. The summed E-state index contributed by atoms with van der Waals surface area (Å²) in [4.78, 5) is 13.6. The SMILES string of the molecule is Cc1ccc(S(=O)(=O)n2c(C(=O)OC(C)(C)C)c(-c3ccccc3)c3ccccc32)cc1. The maximum absolute atomic E-state index is 13.8. The molecule has 164 valence electrons. The van der Waals surface area contributed by atoms with Crippen molar-refractivity contribution in [3.05, 3.63) is 90.1 Å². The molecule has 6 heteroatoms. The number of nitrogens with zero attached hydrogens (tertiary/aromatic N) is 1. The van der Waals surface area contributed by atoms with Crippen LogP contribution in [0, 0.1) is 6.92 Å². The van der Waals surface area contributed by atoms with Gasteiger partial charge in [-0.2, -0.15) is 0 Å². The van der Waals surface area contributed by atoms with Crippen LogP contribution in [0.2, 0.25) is 0 Å². The molecule has 4 aromatic rings. The molecule has 0 radical (unpaired) electrons. The zero-order valence-corrected chi connectivity index (χ0v) is 19.3. The molecular formula is C26H25NO4S. The molecule has 0 amide bonds. The summed E-state index contributed by atoms with van der Waals surface area (Å²) in [5.74, 6) is -0.691. The zero-order valence-electron chi connectivity index (χ0n) is 18.5. The molecule has 0 spiro atoms. The van der Waals surface area contributed by atoms with Crippen molar-refractivity contribution in [2.75, 3.05) is 0 Å². The first kappa shape index (κ1) is 21.8. The average molecular weight is 448 g/mol. The minimum Gasteiger partial charge on any atom is -0.455 e. The Kier molecular flexibility index (Phi) is 5.42. The van der Waals surface area contributed by atoms with Gasteiger partial charge in [0.05, 0.1) is 10.4 Å². The standard InChI is InChI=1S/C26H25NO4S/c1-18-14-16-20(17-15-18)32(29,30)27-22-13-9-8-12-21(22)23(19-10-6-5-7-11-19)24(27)25(28)31-26(2,3)4/h5-17H,1-4H3. The molecular weight excluding hydrogens is 422 g/mol. The second-order valence-electron chi connectivity index (χ2n) is 8.69. The van der Waals surface area contributed by atoms with Crippen LogP contribution in [-0.4, -0.2) is 24.0 Å². The van der Waals surface area contributed by atoms with Gasteiger partial charge in [0.15, 0.2) is 5.69 Å². The Morgan fingerprint density at radius 2 is 1.44 bits per heavy atom. The highest BCUT2D eigenvalue weighted by atomic mass is 32.2. The fraction of sp³-hybridized carbons (Fsp3) is 0.192. The number of ether oxygens (including phenoxy) is 1. The maximum atomic E-state index is 13.8. The Labute approximate surface area is 188 Å². The minimum atomic E-state index is -4.08. The highest BCUT2D eigenvalue weighted by Gasteiger charge is 2.33. The fourth-order valence-electron chi connectivity index (χ4n) is 3.69. The number of aromatic nitrogens is 1. The number of hydrogen-bond acceptors (Lipinski definition) is 4. The fourth-order valence-corrected chi connectivity index (χ4v) is 5.20. The smallest absolute Gasteiger partial charge is 0.357 e. The largest absolute Gasteiger partial charge is 0.455 e. The monoisotopic (exact) mass is 447 g/mol. The summed E-state index contributed by atoms with van der Waals surface area (Å²) in [5, 5.41) is 0.662. The third-order valence-corrected chi connectivity index (χ3v) is 6.77. The van der Waals surface area contributed by atoms with E-state index >= 15 is 0 Å². The third-order valence-electron chi connectivity index (χ3n) is 5.05. The van der Waals surface area contributed by atoms with Gasteiger partial charge in [-0.15, -0.1) is 0 Å². The van der Waals surface area contributed by atoms with Gasteiger partial charge in [-0.1, -0.05) is 66.2 Å². The molecule has 0 aliphatic rings. The van der Waals surface area contributed by atoms with Crippen molar-refractivity contribution in [1.82, 2.24) is 3.97 Å². The topological polar surface area (TPSA) is 65.4 Å². The van der Waals surface area contributed by atoms with E-state index in [0.29, 0.717) is 16.5 Å². The Hall–Kier alpha value is -3.38. The quantitative estimate of drug-likeness (QED) is 0.370. The van der Waals surface area contributed by atoms with E-state index in [9.17, 15) is 13.2 Å². The maximum Gasteiger partial charge on any atom is 0.357 e. The molecule has 0 bridgehead atoms. The molecule has 0 saturated heterocycles. The summed E-state index contributed by atoms with van der Waals surface area (Å²) in [6.07, 6.45) is 0. The molecule has 0 atom stereocenters. The molecule has 1 aromatic heterocycles. The summed E-state index contributed by atoms with van der Waals surface area (Å²) >= 11 is 0. The molecule has 3 aromatic carbocycles. The number of hydrogen-bond donors (Lipinski definition) is 0. The van der Waals surface area contributed by atoms with Crippen LogP contribution in [0.15, 0.2) is 83.8 Å². The summed E-state index contributed by atoms with van der Waals surface area (Å²) in [6, 6.07) is 23.0. The van der Waals surface area contributed by atoms with Gasteiger partial charge in [0.2, 0.25) is 0 Å². The third kappa shape index (κ3) is 3.94. The van der Waals surface area contributed by atoms with E-state index in [4.69, 9.17) is 4.74 Å². The van der Waals surface area contributed by atoms with Crippen LogP contribution in [-0.2, 0) is 14.8 Å². The van der Waals surface area contributed by atoms with E-state index in [1.165, 1.54) is 0 Å². The number of benzene rings is 3. The van der Waals surface area contributed by atoms with Crippen LogP contribution >= 0.6 is 0 Å². The number of aryl methyl sites for hydroxylation is 1. The lowest BCUT2D eigenvalue weighted by atomic mass is 10.0. The summed E-state index contributed by atoms with van der Waals surface area (Å²) in [5.41, 5.74) is 1.84. The van der Waals surface area contributed by atoms with Crippen molar-refractivity contribution < 1.29 is 17.9 Å². The molecule has 4 rings (SSSR count). The van der Waals surface area contributed by atoms with Crippen LogP contribution in [0.4, 0.5) is 0 Å². The molecule has 0 saturated carbocycles. The van der Waals surface area contributed by atoms with Crippen molar-refractivity contribution in [1.29, 1.82) is 0 Å². The normalized spacial score (nSPS) is 12.1. The van der Waals surface area contributed by atoms with E-state index < -0.39 is 21.6 Å². The van der Waals surface area contributed by atoms with Crippen molar-refractivity contribution in [3.63, 3.8) is 0 Å². The van der Waals surface area contributed by atoms with E-state index in [1.54, 1.807) is 57.2 Å². The van der Waals surface area contributed by atoms with Crippen LogP contribution in [0.5, 0.6) is 0 Å². The predicted octanol–water partition coefficient (Wildman–Crippen LogP) is 5.81. The minimum absolute atomic E-state index is 0.00657. The Morgan fingerprint density at radius 1 is 0.844 bits per heavy atom. The molecule has 5 nitrogen and oxygen atoms in total. The molecule has 0 N–H and O–H groups in total. The van der Waals surface area contributed by atoms with Crippen molar-refractivity contribution >= 4 is 26.9 Å². The summed E-state index contributed by atoms with van der Waals surface area (Å²) in [6.45, 7) is 7.17. The lowest BCUT2D eigenvalue weighted by Crippen LogP contribution is -2.27. The van der Waals surface area contributed by atoms with Gasteiger partial charge >= 0.3 is 5.97 Å². The van der Waals surface area contributed by atoms with Crippen molar-refractivity contribution in [3.8, 4) is 11.1 Å². The zero-order chi connectivity index (χ0) is 23.1. The van der Waals surface area contributed by atoms with E-state index in [1.807, 2.05) is 49.4 Å². The lowest BCUT2D eigenvalue weighted by Gasteiger charge is -2.21. The van der Waals surface area contributed by atoms with Gasteiger partial charge in [0.1, 0.15) is 5.60 Å². The van der Waals surface area contributed by atoms with Gasteiger partial charge in [-0.25, -0.2) is 17.2 Å². The van der Waals surface area contributed by atoms with Crippen molar-refractivity contribution in [2.24, 2.45) is 0 Å². The van der Waals surface area contributed by atoms with Crippen molar-refractivity contribution in [2.45, 2.75) is 38.2 Å². The Balaban J connectivity index is 2.12. The van der Waals surface area contributed by atoms with Gasteiger partial charge in [0, 0.05) is 10.9 Å². The van der Waals surface area contributed by atoms with Gasteiger partial charge < -0.3 is 4.74 Å². The summed E-state index contributed by atoms with van der Waals surface area (Å²) < 4.78 is 34.5. The lowest BCUT2D eigenvalue weighted by molar-refractivity contribution is 0.00629. The molecule has 0 fully saturated rings. The number of carbonyl (C=O) groups excluding carboxylic acids is 1. The van der Waals surface area contributed by atoms with E-state index in [0.717, 1.165) is 15.1 Å². The first-order chi connectivity index (χ1) is 15.1. The summed E-state index contributed by atoms with van der Waals surface area (Å²) in [7, 11) is -4.08. The first-order valence-corrected chi connectivity index (χ1v) is 11.8. The molecule has 0 unspecified atom stereocenters. The van der Waals surface area contributed by atoms with Gasteiger partial charge in [-0.3, -0.25) is 0 Å². The highest BCUT2D eigenvalue weighted by Crippen LogP contribution is 2.38. The van der Waals surface area contributed by atoms with Crippen LogP contribution in [0.3, 0.4) is 0 Å². The average Bonchev–Trinajstić information content (AvgIpc) is 3.10. The predicted molar refractivity (Wildman–Crippen MR) is 126 cm³/mol. The number of esters is 1. The van der Waals surface area contributed by atoms with Crippen LogP contribution < -0.4 is 0 Å². The van der Waals surface area contributed by atoms with E-state index in [-0.39, 0.29) is 10.6 Å². The van der Waals surface area contributed by atoms with Gasteiger partial charge in [0.25, 0.3) is 10.0 Å². The molecule has 0 aliphatic heterocycles. The van der Waals surface area contributed by atoms with Crippen LogP contribution in [0.1, 0.15) is 36.8 Å². The number of carbonyl (C=O) groups is 1. The number of rotatable bonds is 4. The first-order valence-electron chi connectivity index (χ1n) is 10.3. The second-order valence-corrected chi connectivity index (χ2v) is 10.5. The molecule has 0 aliphatic carbocycles.